The van der Waals surface area contributed by atoms with E-state index in [2.05, 4.69) is 5.32 Å². The third-order valence-corrected chi connectivity index (χ3v) is 2.84. The fourth-order valence-electron chi connectivity index (χ4n) is 1.72. The van der Waals surface area contributed by atoms with E-state index in [1.807, 2.05) is 0 Å². The summed E-state index contributed by atoms with van der Waals surface area (Å²) in [5, 5.41) is 12.4. The van der Waals surface area contributed by atoms with Crippen LogP contribution in [0.4, 0.5) is 8.78 Å². The predicted molar refractivity (Wildman–Crippen MR) is 59.1 cm³/mol. The molecule has 0 saturated carbocycles. The molecule has 2 rings (SSSR count). The zero-order valence-corrected chi connectivity index (χ0v) is 9.58. The Kier molecular flexibility index (Phi) is 3.58. The van der Waals surface area contributed by atoms with Crippen molar-refractivity contribution in [1.29, 1.82) is 0 Å². The SMILES string of the molecule is O=C(NC[C@@]1(O)CCOC1)c1ccc(F)c(F)c1. The highest BCUT2D eigenvalue weighted by atomic mass is 19.2. The Bertz CT molecular complexity index is 459. The summed E-state index contributed by atoms with van der Waals surface area (Å²) in [6, 6.07) is 2.89. The average Bonchev–Trinajstić information content (AvgIpc) is 2.77. The molecule has 4 nitrogen and oxygen atoms in total. The molecule has 1 amide bonds. The summed E-state index contributed by atoms with van der Waals surface area (Å²) in [7, 11) is 0. The Hall–Kier alpha value is -1.53. The predicted octanol–water partition coefficient (Wildman–Crippen LogP) is 0.846. The fourth-order valence-corrected chi connectivity index (χ4v) is 1.72. The molecule has 1 saturated heterocycles. The lowest BCUT2D eigenvalue weighted by molar-refractivity contribution is 0.0264. The minimum atomic E-state index is -1.08. The molecule has 0 radical (unpaired) electrons. The average molecular weight is 257 g/mol. The number of amides is 1. The van der Waals surface area contributed by atoms with E-state index >= 15 is 0 Å². The van der Waals surface area contributed by atoms with Crippen molar-refractivity contribution < 1.29 is 23.4 Å². The minimum Gasteiger partial charge on any atom is -0.386 e. The number of carbonyl (C=O) groups is 1. The molecule has 6 heteroatoms. The summed E-state index contributed by atoms with van der Waals surface area (Å²) in [6.07, 6.45) is 0.436. The number of hydrogen-bond donors (Lipinski definition) is 2. The van der Waals surface area contributed by atoms with Crippen LogP contribution in [0.15, 0.2) is 18.2 Å². The highest BCUT2D eigenvalue weighted by Gasteiger charge is 2.32. The third kappa shape index (κ3) is 2.83. The number of aliphatic hydroxyl groups is 1. The molecule has 1 atom stereocenters. The fraction of sp³-hybridized carbons (Fsp3) is 0.417. The van der Waals surface area contributed by atoms with Gasteiger partial charge in [-0.1, -0.05) is 0 Å². The summed E-state index contributed by atoms with van der Waals surface area (Å²) in [6.45, 7) is 0.618. The first-order chi connectivity index (χ1) is 8.50. The molecule has 1 heterocycles. The second-order valence-electron chi connectivity index (χ2n) is 4.34. The van der Waals surface area contributed by atoms with E-state index < -0.39 is 23.1 Å². The van der Waals surface area contributed by atoms with Crippen molar-refractivity contribution in [3.63, 3.8) is 0 Å². The molecule has 1 aliphatic rings. The van der Waals surface area contributed by atoms with E-state index in [1.54, 1.807) is 0 Å². The summed E-state index contributed by atoms with van der Waals surface area (Å²) in [4.78, 5) is 11.7. The number of nitrogens with one attached hydrogen (secondary N) is 1. The van der Waals surface area contributed by atoms with Crippen molar-refractivity contribution in [3.05, 3.63) is 35.4 Å². The molecule has 0 spiro atoms. The minimum absolute atomic E-state index is 0.0106. The Balaban J connectivity index is 1.97. The summed E-state index contributed by atoms with van der Waals surface area (Å²) >= 11 is 0. The molecular formula is C12H13F2NO3. The van der Waals surface area contributed by atoms with E-state index in [4.69, 9.17) is 4.74 Å². The maximum Gasteiger partial charge on any atom is 0.251 e. The van der Waals surface area contributed by atoms with Gasteiger partial charge in [0.25, 0.3) is 5.91 Å². The number of benzene rings is 1. The number of rotatable bonds is 3. The van der Waals surface area contributed by atoms with Crippen LogP contribution in [0.3, 0.4) is 0 Å². The standard InChI is InChI=1S/C12H13F2NO3/c13-9-2-1-8(5-10(9)14)11(16)15-6-12(17)3-4-18-7-12/h1-2,5,17H,3-4,6-7H2,(H,15,16)/t12-/m0/s1. The molecule has 0 unspecified atom stereocenters. The van der Waals surface area contributed by atoms with Gasteiger partial charge < -0.3 is 15.2 Å². The molecule has 0 aliphatic carbocycles. The molecular weight excluding hydrogens is 244 g/mol. The second-order valence-corrected chi connectivity index (χ2v) is 4.34. The van der Waals surface area contributed by atoms with Gasteiger partial charge in [0.1, 0.15) is 5.60 Å². The zero-order valence-electron chi connectivity index (χ0n) is 9.58. The normalized spacial score (nSPS) is 23.1. The number of halogens is 2. The van der Waals surface area contributed by atoms with Gasteiger partial charge in [-0.3, -0.25) is 4.79 Å². The van der Waals surface area contributed by atoms with E-state index in [9.17, 15) is 18.7 Å². The van der Waals surface area contributed by atoms with Crippen LogP contribution in [0.1, 0.15) is 16.8 Å². The van der Waals surface area contributed by atoms with Gasteiger partial charge in [0.2, 0.25) is 0 Å². The van der Waals surface area contributed by atoms with E-state index in [0.717, 1.165) is 12.1 Å². The second kappa shape index (κ2) is 4.99. The van der Waals surface area contributed by atoms with Gasteiger partial charge >= 0.3 is 0 Å². The molecule has 1 aromatic carbocycles. The van der Waals surface area contributed by atoms with Crippen LogP contribution < -0.4 is 5.32 Å². The third-order valence-electron chi connectivity index (χ3n) is 2.84. The van der Waals surface area contributed by atoms with Gasteiger partial charge in [0, 0.05) is 25.1 Å². The lowest BCUT2D eigenvalue weighted by Gasteiger charge is -2.20. The summed E-state index contributed by atoms with van der Waals surface area (Å²) in [5.74, 6) is -2.64. The Morgan fingerprint density at radius 1 is 1.44 bits per heavy atom. The van der Waals surface area contributed by atoms with Gasteiger partial charge in [-0.05, 0) is 18.2 Å². The highest BCUT2D eigenvalue weighted by Crippen LogP contribution is 2.17. The maximum atomic E-state index is 12.9. The quantitative estimate of drug-likeness (QED) is 0.843. The lowest BCUT2D eigenvalue weighted by Crippen LogP contribution is -2.43. The van der Waals surface area contributed by atoms with Crippen molar-refractivity contribution >= 4 is 5.91 Å². The molecule has 1 aromatic rings. The number of hydrogen-bond acceptors (Lipinski definition) is 3. The van der Waals surface area contributed by atoms with Crippen LogP contribution in [-0.4, -0.2) is 36.4 Å². The Morgan fingerprint density at radius 2 is 2.22 bits per heavy atom. The largest absolute Gasteiger partial charge is 0.386 e. The van der Waals surface area contributed by atoms with E-state index in [1.165, 1.54) is 6.07 Å². The lowest BCUT2D eigenvalue weighted by atomic mass is 10.0. The van der Waals surface area contributed by atoms with E-state index in [-0.39, 0.29) is 18.7 Å². The van der Waals surface area contributed by atoms with Gasteiger partial charge in [-0.25, -0.2) is 8.78 Å². The Labute approximate surface area is 103 Å². The van der Waals surface area contributed by atoms with Gasteiger partial charge in [0.05, 0.1) is 6.61 Å². The maximum absolute atomic E-state index is 12.9. The van der Waals surface area contributed by atoms with Crippen LogP contribution in [0, 0.1) is 11.6 Å². The smallest absolute Gasteiger partial charge is 0.251 e. The van der Waals surface area contributed by atoms with Gasteiger partial charge in [-0.15, -0.1) is 0 Å². The zero-order chi connectivity index (χ0) is 13.2. The number of ether oxygens (including phenoxy) is 1. The van der Waals surface area contributed by atoms with Crippen molar-refractivity contribution in [2.45, 2.75) is 12.0 Å². The Morgan fingerprint density at radius 3 is 2.83 bits per heavy atom. The first-order valence-corrected chi connectivity index (χ1v) is 5.54. The van der Waals surface area contributed by atoms with E-state index in [0.29, 0.717) is 13.0 Å². The monoisotopic (exact) mass is 257 g/mol. The molecule has 1 fully saturated rings. The molecule has 18 heavy (non-hydrogen) atoms. The molecule has 98 valence electrons. The van der Waals surface area contributed by atoms with Crippen LogP contribution in [0.5, 0.6) is 0 Å². The molecule has 0 bridgehead atoms. The van der Waals surface area contributed by atoms with Crippen molar-refractivity contribution in [1.82, 2.24) is 5.32 Å². The molecule has 1 aliphatic heterocycles. The van der Waals surface area contributed by atoms with Gasteiger partial charge in [-0.2, -0.15) is 0 Å². The van der Waals surface area contributed by atoms with Crippen molar-refractivity contribution in [2.75, 3.05) is 19.8 Å². The first kappa shape index (κ1) is 12.9. The highest BCUT2D eigenvalue weighted by molar-refractivity contribution is 5.94. The van der Waals surface area contributed by atoms with Crippen LogP contribution in [0.25, 0.3) is 0 Å². The van der Waals surface area contributed by atoms with Crippen LogP contribution >= 0.6 is 0 Å². The van der Waals surface area contributed by atoms with Crippen molar-refractivity contribution in [2.24, 2.45) is 0 Å². The molecule has 0 aromatic heterocycles. The first-order valence-electron chi connectivity index (χ1n) is 5.54. The van der Waals surface area contributed by atoms with Crippen LogP contribution in [-0.2, 0) is 4.74 Å². The van der Waals surface area contributed by atoms with Crippen LogP contribution in [0.2, 0.25) is 0 Å². The van der Waals surface area contributed by atoms with Crippen molar-refractivity contribution in [3.8, 4) is 0 Å². The van der Waals surface area contributed by atoms with Gasteiger partial charge in [0.15, 0.2) is 11.6 Å². The molecule has 2 N–H and O–H groups in total. The number of carbonyl (C=O) groups excluding carboxylic acids is 1. The summed E-state index contributed by atoms with van der Waals surface area (Å²) < 4.78 is 30.6. The topological polar surface area (TPSA) is 58.6 Å². The summed E-state index contributed by atoms with van der Waals surface area (Å²) in [5.41, 5.74) is -1.06.